The van der Waals surface area contributed by atoms with Crippen LogP contribution in [0.25, 0.3) is 0 Å². The number of hydrogen-bond acceptors (Lipinski definition) is 2. The highest BCUT2D eigenvalue weighted by molar-refractivity contribution is 5.14. The van der Waals surface area contributed by atoms with Crippen molar-refractivity contribution >= 4 is 0 Å². The highest BCUT2D eigenvalue weighted by atomic mass is 15.1. The Bertz CT molecular complexity index is 355. The SMILES string of the molecule is CCN(CCCCc1ccccc1)C1CCC(N)CC1. The largest absolute Gasteiger partial charge is 0.328 e. The predicted molar refractivity (Wildman–Crippen MR) is 86.9 cm³/mol. The molecule has 1 aliphatic rings. The van der Waals surface area contributed by atoms with Crippen LogP contribution in [0.3, 0.4) is 0 Å². The minimum atomic E-state index is 0.461. The van der Waals surface area contributed by atoms with Crippen molar-refractivity contribution in [3.8, 4) is 0 Å². The lowest BCUT2D eigenvalue weighted by atomic mass is 9.90. The number of aryl methyl sites for hydroxylation is 1. The molecule has 0 unspecified atom stereocenters. The van der Waals surface area contributed by atoms with Crippen LogP contribution in [-0.4, -0.2) is 30.1 Å². The molecule has 0 radical (unpaired) electrons. The lowest BCUT2D eigenvalue weighted by molar-refractivity contribution is 0.154. The van der Waals surface area contributed by atoms with Gasteiger partial charge < -0.3 is 10.6 Å². The number of unbranched alkanes of at least 4 members (excludes halogenated alkanes) is 1. The first kappa shape index (κ1) is 15.5. The summed E-state index contributed by atoms with van der Waals surface area (Å²) in [7, 11) is 0. The zero-order valence-electron chi connectivity index (χ0n) is 12.9. The minimum Gasteiger partial charge on any atom is -0.328 e. The highest BCUT2D eigenvalue weighted by Gasteiger charge is 2.22. The zero-order chi connectivity index (χ0) is 14.2. The van der Waals surface area contributed by atoms with Gasteiger partial charge in [0.05, 0.1) is 0 Å². The normalized spacial score (nSPS) is 23.1. The molecule has 112 valence electrons. The Hall–Kier alpha value is -0.860. The molecule has 1 aromatic carbocycles. The smallest absolute Gasteiger partial charge is 0.00962 e. The van der Waals surface area contributed by atoms with Crippen molar-refractivity contribution in [1.82, 2.24) is 4.90 Å². The maximum Gasteiger partial charge on any atom is 0.00962 e. The molecular weight excluding hydrogens is 244 g/mol. The van der Waals surface area contributed by atoms with Gasteiger partial charge in [0.2, 0.25) is 0 Å². The van der Waals surface area contributed by atoms with Gasteiger partial charge in [-0.05, 0) is 63.6 Å². The van der Waals surface area contributed by atoms with Gasteiger partial charge in [-0.15, -0.1) is 0 Å². The molecule has 0 heterocycles. The first-order valence-electron chi connectivity index (χ1n) is 8.33. The van der Waals surface area contributed by atoms with E-state index in [1.807, 2.05) is 0 Å². The third-order valence-corrected chi connectivity index (χ3v) is 4.67. The van der Waals surface area contributed by atoms with Crippen molar-refractivity contribution in [3.05, 3.63) is 35.9 Å². The van der Waals surface area contributed by atoms with E-state index in [0.717, 1.165) is 6.04 Å². The Balaban J connectivity index is 1.66. The van der Waals surface area contributed by atoms with E-state index in [-0.39, 0.29) is 0 Å². The summed E-state index contributed by atoms with van der Waals surface area (Å²) in [5.41, 5.74) is 7.48. The van der Waals surface area contributed by atoms with Gasteiger partial charge in [0.1, 0.15) is 0 Å². The molecule has 2 nitrogen and oxygen atoms in total. The van der Waals surface area contributed by atoms with Crippen molar-refractivity contribution in [2.75, 3.05) is 13.1 Å². The van der Waals surface area contributed by atoms with Crippen molar-refractivity contribution in [3.63, 3.8) is 0 Å². The van der Waals surface area contributed by atoms with Crippen LogP contribution in [0.4, 0.5) is 0 Å². The quantitative estimate of drug-likeness (QED) is 0.770. The molecule has 0 aromatic heterocycles. The van der Waals surface area contributed by atoms with Crippen LogP contribution in [0.1, 0.15) is 51.0 Å². The summed E-state index contributed by atoms with van der Waals surface area (Å²) < 4.78 is 0. The molecule has 0 amide bonds. The fraction of sp³-hybridized carbons (Fsp3) is 0.667. The third kappa shape index (κ3) is 4.92. The van der Waals surface area contributed by atoms with Gasteiger partial charge in [-0.1, -0.05) is 37.3 Å². The maximum atomic E-state index is 6.01. The molecule has 0 aliphatic heterocycles. The highest BCUT2D eigenvalue weighted by Crippen LogP contribution is 2.22. The molecule has 1 fully saturated rings. The summed E-state index contributed by atoms with van der Waals surface area (Å²) in [6, 6.07) is 12.1. The molecule has 0 bridgehead atoms. The van der Waals surface area contributed by atoms with E-state index < -0.39 is 0 Å². The number of benzene rings is 1. The molecule has 2 N–H and O–H groups in total. The Morgan fingerprint density at radius 3 is 2.40 bits per heavy atom. The van der Waals surface area contributed by atoms with Crippen LogP contribution in [-0.2, 0) is 6.42 Å². The van der Waals surface area contributed by atoms with Crippen LogP contribution in [0.5, 0.6) is 0 Å². The number of hydrogen-bond donors (Lipinski definition) is 1. The topological polar surface area (TPSA) is 29.3 Å². The number of nitrogens with zero attached hydrogens (tertiary/aromatic N) is 1. The summed E-state index contributed by atoms with van der Waals surface area (Å²) in [5.74, 6) is 0. The standard InChI is InChI=1S/C18H30N2/c1-2-20(18-13-11-17(19)12-14-18)15-7-6-10-16-8-4-3-5-9-16/h3-5,8-9,17-18H,2,6-7,10-15,19H2,1H3. The van der Waals surface area contributed by atoms with Gasteiger partial charge in [-0.3, -0.25) is 0 Å². The molecular formula is C18H30N2. The van der Waals surface area contributed by atoms with Crippen molar-refractivity contribution in [2.24, 2.45) is 5.73 Å². The van der Waals surface area contributed by atoms with Crippen molar-refractivity contribution in [1.29, 1.82) is 0 Å². The molecule has 1 saturated carbocycles. The molecule has 20 heavy (non-hydrogen) atoms. The Morgan fingerprint density at radius 2 is 1.75 bits per heavy atom. The fourth-order valence-corrected chi connectivity index (χ4v) is 3.35. The fourth-order valence-electron chi connectivity index (χ4n) is 3.35. The summed E-state index contributed by atoms with van der Waals surface area (Å²) in [6.45, 7) is 4.74. The van der Waals surface area contributed by atoms with Gasteiger partial charge in [-0.25, -0.2) is 0 Å². The Kier molecular flexibility index (Phi) is 6.55. The van der Waals surface area contributed by atoms with Crippen LogP contribution >= 0.6 is 0 Å². The maximum absolute atomic E-state index is 6.01. The number of nitrogens with two attached hydrogens (primary N) is 1. The Morgan fingerprint density at radius 1 is 1.05 bits per heavy atom. The van der Waals surface area contributed by atoms with Gasteiger partial charge in [0.15, 0.2) is 0 Å². The monoisotopic (exact) mass is 274 g/mol. The van der Waals surface area contributed by atoms with Crippen molar-refractivity contribution < 1.29 is 0 Å². The second kappa shape index (κ2) is 8.43. The van der Waals surface area contributed by atoms with E-state index in [2.05, 4.69) is 42.2 Å². The first-order valence-corrected chi connectivity index (χ1v) is 8.33. The van der Waals surface area contributed by atoms with Crippen LogP contribution in [0, 0.1) is 0 Å². The van der Waals surface area contributed by atoms with Crippen LogP contribution < -0.4 is 5.73 Å². The number of rotatable bonds is 7. The summed E-state index contributed by atoms with van der Waals surface area (Å²) >= 11 is 0. The molecule has 0 atom stereocenters. The van der Waals surface area contributed by atoms with Gasteiger partial charge in [0, 0.05) is 12.1 Å². The van der Waals surface area contributed by atoms with E-state index in [0.29, 0.717) is 6.04 Å². The first-order chi connectivity index (χ1) is 9.79. The molecule has 1 aliphatic carbocycles. The summed E-state index contributed by atoms with van der Waals surface area (Å²) in [4.78, 5) is 2.68. The summed E-state index contributed by atoms with van der Waals surface area (Å²) in [6.07, 6.45) is 8.85. The van der Waals surface area contributed by atoms with Gasteiger partial charge in [-0.2, -0.15) is 0 Å². The van der Waals surface area contributed by atoms with E-state index >= 15 is 0 Å². The average Bonchev–Trinajstić information content (AvgIpc) is 2.50. The Labute approximate surface area is 124 Å². The average molecular weight is 274 g/mol. The van der Waals surface area contributed by atoms with Crippen LogP contribution in [0.2, 0.25) is 0 Å². The second-order valence-electron chi connectivity index (χ2n) is 6.14. The van der Waals surface area contributed by atoms with E-state index in [1.54, 1.807) is 0 Å². The van der Waals surface area contributed by atoms with E-state index in [4.69, 9.17) is 5.73 Å². The minimum absolute atomic E-state index is 0.461. The van der Waals surface area contributed by atoms with Gasteiger partial charge >= 0.3 is 0 Å². The van der Waals surface area contributed by atoms with E-state index in [1.165, 1.54) is 63.6 Å². The molecule has 0 spiro atoms. The van der Waals surface area contributed by atoms with E-state index in [9.17, 15) is 0 Å². The molecule has 1 aromatic rings. The summed E-state index contributed by atoms with van der Waals surface area (Å²) in [5, 5.41) is 0. The molecule has 2 rings (SSSR count). The van der Waals surface area contributed by atoms with Crippen molar-refractivity contribution in [2.45, 2.75) is 64.0 Å². The predicted octanol–water partition coefficient (Wildman–Crippen LogP) is 3.60. The lowest BCUT2D eigenvalue weighted by Crippen LogP contribution is -2.41. The lowest BCUT2D eigenvalue weighted by Gasteiger charge is -2.35. The zero-order valence-corrected chi connectivity index (χ0v) is 12.9. The van der Waals surface area contributed by atoms with Gasteiger partial charge in [0.25, 0.3) is 0 Å². The molecule has 2 heteroatoms. The second-order valence-corrected chi connectivity index (χ2v) is 6.14. The third-order valence-electron chi connectivity index (χ3n) is 4.67. The van der Waals surface area contributed by atoms with Crippen LogP contribution in [0.15, 0.2) is 30.3 Å². The molecule has 0 saturated heterocycles.